The van der Waals surface area contributed by atoms with Crippen LogP contribution in [0.25, 0.3) is 0 Å². The van der Waals surface area contributed by atoms with E-state index >= 15 is 0 Å². The summed E-state index contributed by atoms with van der Waals surface area (Å²) in [6.07, 6.45) is 9.46. The van der Waals surface area contributed by atoms with Crippen LogP contribution in [0.4, 0.5) is 0 Å². The molecule has 1 aromatic rings. The third-order valence-electron chi connectivity index (χ3n) is 3.49. The van der Waals surface area contributed by atoms with Crippen LogP contribution in [0, 0.1) is 0 Å². The monoisotopic (exact) mass is 218 g/mol. The molecular formula is C12H18N4. The summed E-state index contributed by atoms with van der Waals surface area (Å²) in [5, 5.41) is 3.59. The molecule has 1 atom stereocenters. The van der Waals surface area contributed by atoms with Gasteiger partial charge in [0.25, 0.3) is 0 Å². The fraction of sp³-hybridized carbons (Fsp3) is 0.667. The van der Waals surface area contributed by atoms with Crippen molar-refractivity contribution in [3.8, 4) is 0 Å². The van der Waals surface area contributed by atoms with Crippen molar-refractivity contribution in [2.45, 2.75) is 37.9 Å². The fourth-order valence-electron chi connectivity index (χ4n) is 2.41. The Hall–Kier alpha value is -1.00. The molecule has 1 aliphatic carbocycles. The van der Waals surface area contributed by atoms with E-state index in [2.05, 4.69) is 20.2 Å². The van der Waals surface area contributed by atoms with Crippen molar-refractivity contribution in [1.82, 2.24) is 20.2 Å². The van der Waals surface area contributed by atoms with E-state index in [1.807, 2.05) is 12.4 Å². The second-order valence-electron chi connectivity index (χ2n) is 4.84. The molecule has 4 nitrogen and oxygen atoms in total. The van der Waals surface area contributed by atoms with Crippen LogP contribution in [-0.2, 0) is 6.54 Å². The van der Waals surface area contributed by atoms with E-state index in [1.165, 1.54) is 37.9 Å². The topological polar surface area (TPSA) is 41.1 Å². The van der Waals surface area contributed by atoms with Crippen LogP contribution in [0.5, 0.6) is 0 Å². The van der Waals surface area contributed by atoms with Crippen LogP contribution in [0.3, 0.4) is 0 Å². The molecule has 0 aromatic carbocycles. The number of nitrogens with one attached hydrogen (secondary N) is 1. The molecule has 2 fully saturated rings. The van der Waals surface area contributed by atoms with Crippen LogP contribution in [0.2, 0.25) is 0 Å². The number of nitrogens with zero attached hydrogens (tertiary/aromatic N) is 3. The van der Waals surface area contributed by atoms with Crippen molar-refractivity contribution < 1.29 is 0 Å². The van der Waals surface area contributed by atoms with Gasteiger partial charge < -0.3 is 5.32 Å². The standard InChI is InChI=1S/C12H18N4/c1-2-12(1)16-4-3-11(8-16)15-7-10-5-13-9-14-6-10/h5-6,9,11-12,15H,1-4,7-8H2. The molecule has 1 aliphatic heterocycles. The Labute approximate surface area is 96.1 Å². The SMILES string of the molecule is c1ncc(CNC2CCN(C3CC3)C2)cn1. The smallest absolute Gasteiger partial charge is 0.115 e. The van der Waals surface area contributed by atoms with E-state index in [0.717, 1.165) is 12.6 Å². The van der Waals surface area contributed by atoms with Crippen LogP contribution >= 0.6 is 0 Å². The zero-order chi connectivity index (χ0) is 10.8. The molecule has 0 bridgehead atoms. The maximum Gasteiger partial charge on any atom is 0.115 e. The van der Waals surface area contributed by atoms with Gasteiger partial charge >= 0.3 is 0 Å². The van der Waals surface area contributed by atoms with Gasteiger partial charge in [-0.25, -0.2) is 9.97 Å². The maximum absolute atomic E-state index is 4.02. The lowest BCUT2D eigenvalue weighted by Crippen LogP contribution is -2.32. The van der Waals surface area contributed by atoms with Crippen LogP contribution in [0.15, 0.2) is 18.7 Å². The highest BCUT2D eigenvalue weighted by Gasteiger charge is 2.33. The Morgan fingerprint density at radius 3 is 2.81 bits per heavy atom. The molecular weight excluding hydrogens is 200 g/mol. The average Bonchev–Trinajstić information content (AvgIpc) is 3.08. The Balaban J connectivity index is 1.46. The summed E-state index contributed by atoms with van der Waals surface area (Å²) in [4.78, 5) is 10.7. The molecule has 16 heavy (non-hydrogen) atoms. The van der Waals surface area contributed by atoms with Crippen LogP contribution < -0.4 is 5.32 Å². The summed E-state index contributed by atoms with van der Waals surface area (Å²) in [5.41, 5.74) is 1.17. The first kappa shape index (κ1) is 10.2. The molecule has 0 radical (unpaired) electrons. The summed E-state index contributed by atoms with van der Waals surface area (Å²) >= 11 is 0. The molecule has 1 saturated heterocycles. The third kappa shape index (κ3) is 2.39. The molecule has 1 N–H and O–H groups in total. The van der Waals surface area contributed by atoms with E-state index < -0.39 is 0 Å². The first-order valence-electron chi connectivity index (χ1n) is 6.13. The number of likely N-dealkylation sites (tertiary alicyclic amines) is 1. The predicted molar refractivity (Wildman–Crippen MR) is 61.9 cm³/mol. The van der Waals surface area contributed by atoms with Crippen molar-refractivity contribution in [3.63, 3.8) is 0 Å². The first-order chi connectivity index (χ1) is 7.92. The van der Waals surface area contributed by atoms with Gasteiger partial charge in [0.05, 0.1) is 0 Å². The van der Waals surface area contributed by atoms with Crippen LogP contribution in [-0.4, -0.2) is 40.0 Å². The summed E-state index contributed by atoms with van der Waals surface area (Å²) in [6, 6.07) is 1.56. The molecule has 1 aromatic heterocycles. The van der Waals surface area contributed by atoms with Crippen molar-refractivity contribution in [1.29, 1.82) is 0 Å². The number of hydrogen-bond donors (Lipinski definition) is 1. The molecule has 1 unspecified atom stereocenters. The van der Waals surface area contributed by atoms with E-state index in [4.69, 9.17) is 0 Å². The summed E-state index contributed by atoms with van der Waals surface area (Å²) in [6.45, 7) is 3.38. The van der Waals surface area contributed by atoms with Crippen molar-refractivity contribution in [3.05, 3.63) is 24.3 Å². The Morgan fingerprint density at radius 2 is 2.06 bits per heavy atom. The second-order valence-corrected chi connectivity index (χ2v) is 4.84. The van der Waals surface area contributed by atoms with E-state index in [1.54, 1.807) is 6.33 Å². The Bertz CT molecular complexity index is 336. The Kier molecular flexibility index (Phi) is 2.84. The molecule has 3 rings (SSSR count). The fourth-order valence-corrected chi connectivity index (χ4v) is 2.41. The minimum Gasteiger partial charge on any atom is -0.308 e. The minimum absolute atomic E-state index is 0.654. The molecule has 0 spiro atoms. The minimum atomic E-state index is 0.654. The molecule has 2 heterocycles. The lowest BCUT2D eigenvalue weighted by molar-refractivity contribution is 0.317. The zero-order valence-corrected chi connectivity index (χ0v) is 9.47. The predicted octanol–water partition coefficient (Wildman–Crippen LogP) is 0.803. The summed E-state index contributed by atoms with van der Waals surface area (Å²) < 4.78 is 0. The van der Waals surface area contributed by atoms with E-state index in [9.17, 15) is 0 Å². The van der Waals surface area contributed by atoms with Crippen LogP contribution in [0.1, 0.15) is 24.8 Å². The van der Waals surface area contributed by atoms with Gasteiger partial charge in [0, 0.05) is 49.7 Å². The van der Waals surface area contributed by atoms with Crippen molar-refractivity contribution in [2.24, 2.45) is 0 Å². The highest BCUT2D eigenvalue weighted by molar-refractivity contribution is 5.02. The van der Waals surface area contributed by atoms with Gasteiger partial charge in [-0.2, -0.15) is 0 Å². The number of aromatic nitrogens is 2. The molecule has 86 valence electrons. The van der Waals surface area contributed by atoms with Gasteiger partial charge in [0.15, 0.2) is 0 Å². The van der Waals surface area contributed by atoms with E-state index in [0.29, 0.717) is 6.04 Å². The van der Waals surface area contributed by atoms with Gasteiger partial charge in [0.1, 0.15) is 6.33 Å². The molecule has 1 saturated carbocycles. The first-order valence-corrected chi connectivity index (χ1v) is 6.13. The maximum atomic E-state index is 4.02. The zero-order valence-electron chi connectivity index (χ0n) is 9.47. The van der Waals surface area contributed by atoms with Gasteiger partial charge in [-0.05, 0) is 19.3 Å². The number of rotatable bonds is 4. The van der Waals surface area contributed by atoms with Gasteiger partial charge in [-0.3, -0.25) is 4.90 Å². The van der Waals surface area contributed by atoms with Crippen molar-refractivity contribution >= 4 is 0 Å². The highest BCUT2D eigenvalue weighted by atomic mass is 15.2. The van der Waals surface area contributed by atoms with Gasteiger partial charge in [0.2, 0.25) is 0 Å². The lowest BCUT2D eigenvalue weighted by atomic mass is 10.2. The third-order valence-corrected chi connectivity index (χ3v) is 3.49. The average molecular weight is 218 g/mol. The van der Waals surface area contributed by atoms with E-state index in [-0.39, 0.29) is 0 Å². The van der Waals surface area contributed by atoms with Gasteiger partial charge in [-0.15, -0.1) is 0 Å². The quantitative estimate of drug-likeness (QED) is 0.811. The lowest BCUT2D eigenvalue weighted by Gasteiger charge is -2.15. The second kappa shape index (κ2) is 4.47. The van der Waals surface area contributed by atoms with Crippen molar-refractivity contribution in [2.75, 3.05) is 13.1 Å². The molecule has 2 aliphatic rings. The Morgan fingerprint density at radius 1 is 1.25 bits per heavy atom. The largest absolute Gasteiger partial charge is 0.308 e. The number of hydrogen-bond acceptors (Lipinski definition) is 4. The highest BCUT2D eigenvalue weighted by Crippen LogP contribution is 2.29. The van der Waals surface area contributed by atoms with Gasteiger partial charge in [-0.1, -0.05) is 0 Å². The summed E-state index contributed by atoms with van der Waals surface area (Å²) in [5.74, 6) is 0. The normalized spacial score (nSPS) is 26.1. The molecule has 0 amide bonds. The molecule has 4 heteroatoms. The summed E-state index contributed by atoms with van der Waals surface area (Å²) in [7, 11) is 0.